The van der Waals surface area contributed by atoms with Gasteiger partial charge in [-0.2, -0.15) is 0 Å². The first-order valence-corrected chi connectivity index (χ1v) is 14.5. The lowest BCUT2D eigenvalue weighted by Gasteiger charge is -2.08. The van der Waals surface area contributed by atoms with Gasteiger partial charge in [0.1, 0.15) is 0 Å². The molecule has 3 N–H and O–H groups in total. The van der Waals surface area contributed by atoms with Gasteiger partial charge in [-0.05, 0) is 51.3 Å². The molecule has 0 saturated carbocycles. The molecule has 0 heterocycles. The number of alkyl halides is 1. The summed E-state index contributed by atoms with van der Waals surface area (Å²) in [6.07, 6.45) is 23.3. The summed E-state index contributed by atoms with van der Waals surface area (Å²) in [4.78, 5) is 2.30. The van der Waals surface area contributed by atoms with Crippen molar-refractivity contribution in [3.63, 3.8) is 0 Å². The number of hydrogen-bond acceptors (Lipinski definition) is 3. The van der Waals surface area contributed by atoms with E-state index in [0.717, 1.165) is 23.2 Å². The third-order valence-corrected chi connectivity index (χ3v) is 6.19. The van der Waals surface area contributed by atoms with Crippen molar-refractivity contribution in [2.45, 2.75) is 110 Å². The van der Waals surface area contributed by atoms with Gasteiger partial charge in [-0.15, -0.1) is 0 Å². The fourth-order valence-electron chi connectivity index (χ4n) is 3.77. The molecule has 0 fully saturated rings. The molecule has 0 aromatic heterocycles. The SMILES string of the molecule is CCCCCCCCCCCCCCCCCCN(C)C.Nc1ccc(NCCBr)cc1. The van der Waals surface area contributed by atoms with E-state index in [0.29, 0.717) is 0 Å². The number of benzene rings is 1. The second kappa shape index (κ2) is 24.9. The van der Waals surface area contributed by atoms with Crippen LogP contribution in [0.4, 0.5) is 11.4 Å². The van der Waals surface area contributed by atoms with Gasteiger partial charge in [0.25, 0.3) is 0 Å². The Bertz CT molecular complexity index is 476. The molecule has 0 spiro atoms. The van der Waals surface area contributed by atoms with E-state index in [4.69, 9.17) is 5.73 Å². The van der Waals surface area contributed by atoms with E-state index < -0.39 is 0 Å². The van der Waals surface area contributed by atoms with Crippen LogP contribution < -0.4 is 11.1 Å². The molecule has 0 bridgehead atoms. The summed E-state index contributed by atoms with van der Waals surface area (Å²) in [5, 5.41) is 4.17. The fourth-order valence-corrected chi connectivity index (χ4v) is 3.97. The van der Waals surface area contributed by atoms with Crippen molar-refractivity contribution in [3.05, 3.63) is 24.3 Å². The summed E-state index contributed by atoms with van der Waals surface area (Å²) in [6, 6.07) is 7.71. The van der Waals surface area contributed by atoms with Crippen molar-refractivity contribution in [3.8, 4) is 0 Å². The lowest BCUT2D eigenvalue weighted by atomic mass is 10.0. The van der Waals surface area contributed by atoms with Gasteiger partial charge < -0.3 is 16.0 Å². The molecular formula is C28H54BrN3. The van der Waals surface area contributed by atoms with E-state index >= 15 is 0 Å². The van der Waals surface area contributed by atoms with Crippen molar-refractivity contribution in [1.29, 1.82) is 0 Å². The normalized spacial score (nSPS) is 10.8. The molecule has 0 radical (unpaired) electrons. The summed E-state index contributed by atoms with van der Waals surface area (Å²) in [7, 11) is 4.34. The highest BCUT2D eigenvalue weighted by atomic mass is 79.9. The van der Waals surface area contributed by atoms with E-state index in [-0.39, 0.29) is 0 Å². The number of rotatable bonds is 20. The van der Waals surface area contributed by atoms with Gasteiger partial charge in [-0.25, -0.2) is 0 Å². The van der Waals surface area contributed by atoms with Gasteiger partial charge >= 0.3 is 0 Å². The van der Waals surface area contributed by atoms with Gasteiger partial charge in [0.2, 0.25) is 0 Å². The van der Waals surface area contributed by atoms with Crippen LogP contribution in [0.15, 0.2) is 24.3 Å². The Labute approximate surface area is 209 Å². The molecule has 1 aromatic rings. The zero-order valence-corrected chi connectivity index (χ0v) is 23.2. The van der Waals surface area contributed by atoms with Crippen molar-refractivity contribution < 1.29 is 0 Å². The third kappa shape index (κ3) is 23.9. The standard InChI is InChI=1S/C20H43N.C8H11BrN2/c1-4-5-6-7-8-9-10-11-12-13-14-15-16-17-18-19-20-21(2)3;9-5-6-11-8-3-1-7(10)2-4-8/h4-20H2,1-3H3;1-4,11H,5-6,10H2. The van der Waals surface area contributed by atoms with Crippen molar-refractivity contribution in [1.82, 2.24) is 4.90 Å². The maximum Gasteiger partial charge on any atom is 0.0341 e. The molecular weight excluding hydrogens is 458 g/mol. The van der Waals surface area contributed by atoms with Gasteiger partial charge in [0.05, 0.1) is 0 Å². The first kappa shape index (κ1) is 31.3. The largest absolute Gasteiger partial charge is 0.399 e. The van der Waals surface area contributed by atoms with Gasteiger partial charge in [-0.1, -0.05) is 119 Å². The third-order valence-electron chi connectivity index (χ3n) is 5.79. The molecule has 188 valence electrons. The molecule has 0 unspecified atom stereocenters. The summed E-state index contributed by atoms with van der Waals surface area (Å²) in [6.45, 7) is 4.49. The van der Waals surface area contributed by atoms with Gasteiger partial charge in [0.15, 0.2) is 0 Å². The van der Waals surface area contributed by atoms with Crippen LogP contribution in [-0.4, -0.2) is 37.4 Å². The second-order valence-electron chi connectivity index (χ2n) is 9.34. The van der Waals surface area contributed by atoms with E-state index in [1.54, 1.807) is 0 Å². The zero-order chi connectivity index (χ0) is 23.7. The summed E-state index contributed by atoms with van der Waals surface area (Å²) in [5.74, 6) is 0. The average Bonchev–Trinajstić information content (AvgIpc) is 2.78. The molecule has 32 heavy (non-hydrogen) atoms. The zero-order valence-electron chi connectivity index (χ0n) is 21.6. The molecule has 1 aromatic carbocycles. The Morgan fingerprint density at radius 2 is 1.09 bits per heavy atom. The smallest absolute Gasteiger partial charge is 0.0341 e. The van der Waals surface area contributed by atoms with Crippen LogP contribution in [0.25, 0.3) is 0 Å². The van der Waals surface area contributed by atoms with Crippen LogP contribution in [0.1, 0.15) is 110 Å². The van der Waals surface area contributed by atoms with Crippen LogP contribution in [0.2, 0.25) is 0 Å². The fraction of sp³-hybridized carbons (Fsp3) is 0.786. The number of anilines is 2. The highest BCUT2D eigenvalue weighted by Gasteiger charge is 1.95. The van der Waals surface area contributed by atoms with Crippen molar-refractivity contribution in [2.75, 3.05) is 43.6 Å². The van der Waals surface area contributed by atoms with E-state index in [2.05, 4.69) is 47.2 Å². The molecule has 1 rings (SSSR count). The molecule has 0 amide bonds. The Balaban J connectivity index is 0.000000726. The quantitative estimate of drug-likeness (QED) is 0.104. The first-order valence-electron chi connectivity index (χ1n) is 13.4. The summed E-state index contributed by atoms with van der Waals surface area (Å²) >= 11 is 3.33. The molecule has 0 atom stereocenters. The molecule has 4 heteroatoms. The maximum absolute atomic E-state index is 5.52. The molecule has 0 aliphatic rings. The number of hydrogen-bond donors (Lipinski definition) is 2. The van der Waals surface area contributed by atoms with Crippen LogP contribution >= 0.6 is 15.9 Å². The molecule has 3 nitrogen and oxygen atoms in total. The number of nitrogens with one attached hydrogen (secondary N) is 1. The molecule has 0 saturated heterocycles. The Kier molecular flexibility index (Phi) is 24.3. The highest BCUT2D eigenvalue weighted by Crippen LogP contribution is 2.13. The maximum atomic E-state index is 5.52. The van der Waals surface area contributed by atoms with Crippen LogP contribution in [-0.2, 0) is 0 Å². The van der Waals surface area contributed by atoms with Gasteiger partial charge in [-0.3, -0.25) is 0 Å². The van der Waals surface area contributed by atoms with Crippen LogP contribution in [0, 0.1) is 0 Å². The predicted molar refractivity (Wildman–Crippen MR) is 151 cm³/mol. The van der Waals surface area contributed by atoms with E-state index in [9.17, 15) is 0 Å². The Morgan fingerprint density at radius 1 is 0.688 bits per heavy atom. The minimum atomic E-state index is 0.800. The van der Waals surface area contributed by atoms with E-state index in [1.165, 1.54) is 109 Å². The van der Waals surface area contributed by atoms with Crippen LogP contribution in [0.5, 0.6) is 0 Å². The lowest BCUT2D eigenvalue weighted by Crippen LogP contribution is -2.12. The number of nitrogen functional groups attached to an aromatic ring is 1. The number of nitrogens with zero attached hydrogens (tertiary/aromatic N) is 1. The first-order chi connectivity index (χ1) is 15.6. The number of halogens is 1. The minimum Gasteiger partial charge on any atom is -0.399 e. The second-order valence-corrected chi connectivity index (χ2v) is 10.1. The molecule has 0 aliphatic carbocycles. The van der Waals surface area contributed by atoms with Crippen molar-refractivity contribution in [2.24, 2.45) is 0 Å². The summed E-state index contributed by atoms with van der Waals surface area (Å²) in [5.41, 5.74) is 7.43. The lowest BCUT2D eigenvalue weighted by molar-refractivity contribution is 0.389. The van der Waals surface area contributed by atoms with Crippen LogP contribution in [0.3, 0.4) is 0 Å². The average molecular weight is 513 g/mol. The topological polar surface area (TPSA) is 41.3 Å². The minimum absolute atomic E-state index is 0.800. The predicted octanol–water partition coefficient (Wildman–Crippen LogP) is 8.89. The highest BCUT2D eigenvalue weighted by molar-refractivity contribution is 9.09. The van der Waals surface area contributed by atoms with Crippen molar-refractivity contribution >= 4 is 27.3 Å². The van der Waals surface area contributed by atoms with E-state index in [1.807, 2.05) is 24.3 Å². The van der Waals surface area contributed by atoms with Gasteiger partial charge in [0, 0.05) is 23.2 Å². The Hall–Kier alpha value is -0.740. The number of nitrogens with two attached hydrogens (primary N) is 1. The monoisotopic (exact) mass is 511 g/mol. The molecule has 0 aliphatic heterocycles. The number of unbranched alkanes of at least 4 members (excludes halogenated alkanes) is 15. The Morgan fingerprint density at radius 3 is 1.47 bits per heavy atom. The summed E-state index contributed by atoms with van der Waals surface area (Å²) < 4.78 is 0.